The molecule has 1 aromatic carbocycles. The van der Waals surface area contributed by atoms with Crippen LogP contribution in [0.25, 0.3) is 0 Å². The van der Waals surface area contributed by atoms with Crippen LogP contribution < -0.4 is 10.7 Å². The molecule has 7 heteroatoms. The van der Waals surface area contributed by atoms with Gasteiger partial charge < -0.3 is 10.4 Å². The van der Waals surface area contributed by atoms with Gasteiger partial charge in [0.05, 0.1) is 12.0 Å². The first-order valence-corrected chi connectivity index (χ1v) is 10.3. The van der Waals surface area contributed by atoms with E-state index in [9.17, 15) is 14.7 Å². The number of hydrogen-bond donors (Lipinski definition) is 3. The fourth-order valence-electron chi connectivity index (χ4n) is 5.77. The van der Waals surface area contributed by atoms with Gasteiger partial charge in [0.1, 0.15) is 5.75 Å². The van der Waals surface area contributed by atoms with Crippen LogP contribution in [0.5, 0.6) is 5.75 Å². The molecule has 0 radical (unpaired) electrons. The first-order valence-electron chi connectivity index (χ1n) is 9.95. The fraction of sp³-hybridized carbons (Fsp3) is 0.571. The van der Waals surface area contributed by atoms with E-state index in [1.807, 2.05) is 0 Å². The van der Waals surface area contributed by atoms with Gasteiger partial charge in [-0.2, -0.15) is 5.10 Å². The second kappa shape index (κ2) is 7.39. The number of carbonyl (C=O) groups is 2. The summed E-state index contributed by atoms with van der Waals surface area (Å²) in [5.41, 5.74) is 2.91. The van der Waals surface area contributed by atoms with Crippen LogP contribution in [-0.2, 0) is 4.79 Å². The summed E-state index contributed by atoms with van der Waals surface area (Å²) in [7, 11) is 0. The molecular formula is C21H26ClN3O3. The van der Waals surface area contributed by atoms with Gasteiger partial charge in [-0.15, -0.1) is 0 Å². The lowest BCUT2D eigenvalue weighted by atomic mass is 9.53. The standard InChI is InChI=1S/C21H26ClN3O3/c1-12(24-25-20(28)17-8-16(22)2-3-18(17)26)4-19(27)23-21-9-13-5-14(10-21)7-15(6-13)11-21/h2-3,8,13-15,26H,4-7,9-11H2,1H3,(H,23,27)(H,25,28)/b24-12-. The first-order chi connectivity index (χ1) is 13.3. The van der Waals surface area contributed by atoms with Crippen LogP contribution >= 0.6 is 11.6 Å². The lowest BCUT2D eigenvalue weighted by Crippen LogP contribution is -2.60. The van der Waals surface area contributed by atoms with Crippen LogP contribution in [0.3, 0.4) is 0 Å². The molecule has 4 saturated carbocycles. The number of nitrogens with one attached hydrogen (secondary N) is 2. The van der Waals surface area contributed by atoms with Gasteiger partial charge in [0, 0.05) is 16.3 Å². The maximum absolute atomic E-state index is 12.6. The molecule has 3 N–H and O–H groups in total. The third-order valence-electron chi connectivity index (χ3n) is 6.41. The largest absolute Gasteiger partial charge is 0.507 e. The number of benzene rings is 1. The number of aromatic hydroxyl groups is 1. The predicted octanol–water partition coefficient (Wildman–Crippen LogP) is 3.63. The van der Waals surface area contributed by atoms with Crippen molar-refractivity contribution in [1.82, 2.24) is 10.7 Å². The van der Waals surface area contributed by atoms with E-state index in [1.165, 1.54) is 37.5 Å². The van der Waals surface area contributed by atoms with Gasteiger partial charge in [0.25, 0.3) is 5.91 Å². The first kappa shape index (κ1) is 19.2. The number of amides is 2. The van der Waals surface area contributed by atoms with Crippen molar-refractivity contribution in [2.45, 2.75) is 57.4 Å². The molecule has 4 aliphatic carbocycles. The van der Waals surface area contributed by atoms with E-state index < -0.39 is 5.91 Å². The highest BCUT2D eigenvalue weighted by atomic mass is 35.5. The Kier molecular flexibility index (Phi) is 5.08. The van der Waals surface area contributed by atoms with Crippen molar-refractivity contribution in [1.29, 1.82) is 0 Å². The minimum Gasteiger partial charge on any atom is -0.507 e. The number of phenols is 1. The number of nitrogens with zero attached hydrogens (tertiary/aromatic N) is 1. The Morgan fingerprint density at radius 1 is 1.18 bits per heavy atom. The summed E-state index contributed by atoms with van der Waals surface area (Å²) in [5, 5.41) is 17.4. The van der Waals surface area contributed by atoms with Crippen molar-refractivity contribution in [2.24, 2.45) is 22.9 Å². The average Bonchev–Trinajstić information content (AvgIpc) is 2.60. The third-order valence-corrected chi connectivity index (χ3v) is 6.65. The Hall–Kier alpha value is -2.08. The summed E-state index contributed by atoms with van der Waals surface area (Å²) in [6.45, 7) is 1.71. The predicted molar refractivity (Wildman–Crippen MR) is 107 cm³/mol. The topological polar surface area (TPSA) is 90.8 Å². The summed E-state index contributed by atoms with van der Waals surface area (Å²) in [5.74, 6) is 1.53. The van der Waals surface area contributed by atoms with Gasteiger partial charge in [0.2, 0.25) is 5.91 Å². The quantitative estimate of drug-likeness (QED) is 0.518. The number of hydrogen-bond acceptors (Lipinski definition) is 4. The molecule has 6 nitrogen and oxygen atoms in total. The molecule has 0 saturated heterocycles. The smallest absolute Gasteiger partial charge is 0.275 e. The van der Waals surface area contributed by atoms with Crippen molar-refractivity contribution < 1.29 is 14.7 Å². The average molecular weight is 404 g/mol. The number of hydrazone groups is 1. The van der Waals surface area contributed by atoms with E-state index in [0.717, 1.165) is 37.0 Å². The van der Waals surface area contributed by atoms with Gasteiger partial charge in [0.15, 0.2) is 0 Å². The zero-order valence-electron chi connectivity index (χ0n) is 16.0. The van der Waals surface area contributed by atoms with Crippen molar-refractivity contribution in [3.05, 3.63) is 28.8 Å². The van der Waals surface area contributed by atoms with Crippen LogP contribution in [0, 0.1) is 17.8 Å². The number of carbonyl (C=O) groups excluding carboxylic acids is 2. The molecule has 0 heterocycles. The minimum absolute atomic E-state index is 0.0259. The lowest BCUT2D eigenvalue weighted by molar-refractivity contribution is -0.125. The molecule has 0 aliphatic heterocycles. The summed E-state index contributed by atoms with van der Waals surface area (Å²) in [6.07, 6.45) is 7.45. The third kappa shape index (κ3) is 4.02. The zero-order valence-corrected chi connectivity index (χ0v) is 16.8. The lowest BCUT2D eigenvalue weighted by Gasteiger charge is -2.56. The van der Waals surface area contributed by atoms with Crippen LogP contribution in [0.1, 0.15) is 62.2 Å². The number of phenolic OH excluding ortho intramolecular Hbond substituents is 1. The van der Waals surface area contributed by atoms with Crippen molar-refractivity contribution in [3.8, 4) is 5.75 Å². The van der Waals surface area contributed by atoms with Gasteiger partial charge in [-0.1, -0.05) is 11.6 Å². The summed E-state index contributed by atoms with van der Waals surface area (Å²) in [4.78, 5) is 24.8. The van der Waals surface area contributed by atoms with E-state index in [-0.39, 0.29) is 29.2 Å². The molecule has 4 aliphatic rings. The maximum Gasteiger partial charge on any atom is 0.275 e. The molecule has 150 valence electrons. The highest BCUT2D eigenvalue weighted by Gasteiger charge is 2.51. The minimum atomic E-state index is -0.569. The molecule has 0 aromatic heterocycles. The molecule has 5 rings (SSSR count). The summed E-state index contributed by atoms with van der Waals surface area (Å²) in [6, 6.07) is 4.22. The van der Waals surface area contributed by atoms with Crippen molar-refractivity contribution >= 4 is 29.1 Å². The molecular weight excluding hydrogens is 378 g/mol. The van der Waals surface area contributed by atoms with Gasteiger partial charge in [-0.05, 0) is 81.4 Å². The molecule has 2 amide bonds. The molecule has 1 aromatic rings. The molecule has 0 atom stereocenters. The van der Waals surface area contributed by atoms with E-state index in [4.69, 9.17) is 11.6 Å². The molecule has 0 unspecified atom stereocenters. The van der Waals surface area contributed by atoms with Crippen LogP contribution in [-0.4, -0.2) is 28.2 Å². The molecule has 4 fully saturated rings. The summed E-state index contributed by atoms with van der Waals surface area (Å²) < 4.78 is 0. The summed E-state index contributed by atoms with van der Waals surface area (Å²) >= 11 is 5.86. The highest BCUT2D eigenvalue weighted by Crippen LogP contribution is 2.55. The number of halogens is 1. The molecule has 0 spiro atoms. The highest BCUT2D eigenvalue weighted by molar-refractivity contribution is 6.31. The van der Waals surface area contributed by atoms with Gasteiger partial charge in [-0.3, -0.25) is 9.59 Å². The van der Waals surface area contributed by atoms with Crippen LogP contribution in [0.15, 0.2) is 23.3 Å². The van der Waals surface area contributed by atoms with Crippen LogP contribution in [0.4, 0.5) is 0 Å². The Morgan fingerprint density at radius 3 is 2.39 bits per heavy atom. The van der Waals surface area contributed by atoms with Gasteiger partial charge in [-0.25, -0.2) is 5.43 Å². The van der Waals surface area contributed by atoms with Gasteiger partial charge >= 0.3 is 0 Å². The van der Waals surface area contributed by atoms with E-state index in [1.54, 1.807) is 6.92 Å². The van der Waals surface area contributed by atoms with E-state index in [2.05, 4.69) is 15.8 Å². The normalized spacial score (nSPS) is 30.9. The maximum atomic E-state index is 12.6. The Labute approximate surface area is 169 Å². The Bertz CT molecular complexity index is 801. The monoisotopic (exact) mass is 403 g/mol. The molecule has 28 heavy (non-hydrogen) atoms. The second-order valence-electron chi connectivity index (χ2n) is 8.87. The molecule has 4 bridgehead atoms. The van der Waals surface area contributed by atoms with Crippen molar-refractivity contribution in [2.75, 3.05) is 0 Å². The van der Waals surface area contributed by atoms with E-state index in [0.29, 0.717) is 10.7 Å². The van der Waals surface area contributed by atoms with Crippen molar-refractivity contribution in [3.63, 3.8) is 0 Å². The Morgan fingerprint density at radius 2 is 1.79 bits per heavy atom. The second-order valence-corrected chi connectivity index (χ2v) is 9.31. The number of rotatable bonds is 5. The Balaban J connectivity index is 1.33. The SMILES string of the molecule is C/C(CC(=O)NC12CC3CC(CC(C3)C1)C2)=N/NC(=O)c1cc(Cl)ccc1O. The zero-order chi connectivity index (χ0) is 19.9. The van der Waals surface area contributed by atoms with Crippen LogP contribution in [0.2, 0.25) is 5.02 Å². The fourth-order valence-corrected chi connectivity index (χ4v) is 5.94. The van der Waals surface area contributed by atoms with E-state index >= 15 is 0 Å².